The Bertz CT molecular complexity index is 1050. The van der Waals surface area contributed by atoms with E-state index in [1.54, 1.807) is 29.3 Å². The molecule has 1 aromatic carbocycles. The lowest BCUT2D eigenvalue weighted by Gasteiger charge is -2.22. The van der Waals surface area contributed by atoms with Crippen molar-refractivity contribution in [2.45, 2.75) is 13.3 Å². The third-order valence-electron chi connectivity index (χ3n) is 5.06. The Morgan fingerprint density at radius 3 is 2.76 bits per heavy atom. The Morgan fingerprint density at radius 1 is 1.14 bits per heavy atom. The van der Waals surface area contributed by atoms with Gasteiger partial charge in [-0.3, -0.25) is 4.79 Å². The number of carbonyl (C=O) groups excluding carboxylic acids is 1. The first-order chi connectivity index (χ1) is 14.2. The normalized spacial score (nSPS) is 14.3. The van der Waals surface area contributed by atoms with Gasteiger partial charge in [0.05, 0.1) is 5.56 Å². The van der Waals surface area contributed by atoms with Gasteiger partial charge in [-0.15, -0.1) is 0 Å². The maximum absolute atomic E-state index is 12.9. The second-order valence-corrected chi connectivity index (χ2v) is 7.06. The standard InChI is InChI=1S/C22H21N5O2/c1-16-5-7-17(8-6-16)19-14-20(29-25-19)22(28)27-11-3-10-26(12-13-27)21-18(15-23)4-2-9-24-21/h2,4-9,14H,3,10-13H2,1H3. The molecular formula is C22H21N5O2. The first kappa shape index (κ1) is 18.7. The SMILES string of the molecule is Cc1ccc(-c2cc(C(=O)N3CCCN(c4ncccc4C#N)CC3)on2)cc1. The smallest absolute Gasteiger partial charge is 0.292 e. The fraction of sp³-hybridized carbons (Fsp3) is 0.273. The van der Waals surface area contributed by atoms with Crippen molar-refractivity contribution in [1.29, 1.82) is 5.26 Å². The van der Waals surface area contributed by atoms with E-state index in [0.717, 1.165) is 24.1 Å². The van der Waals surface area contributed by atoms with Crippen LogP contribution in [0.15, 0.2) is 53.2 Å². The summed E-state index contributed by atoms with van der Waals surface area (Å²) in [4.78, 5) is 21.1. The van der Waals surface area contributed by atoms with Crippen LogP contribution in [0.3, 0.4) is 0 Å². The van der Waals surface area contributed by atoms with Crippen LogP contribution in [0.5, 0.6) is 0 Å². The molecule has 7 nitrogen and oxygen atoms in total. The topological polar surface area (TPSA) is 86.3 Å². The summed E-state index contributed by atoms with van der Waals surface area (Å²) in [5.41, 5.74) is 3.27. The Kier molecular flexibility index (Phi) is 5.25. The van der Waals surface area contributed by atoms with E-state index in [1.165, 1.54) is 0 Å². The Hall–Kier alpha value is -3.66. The minimum atomic E-state index is -0.167. The summed E-state index contributed by atoms with van der Waals surface area (Å²) in [6.45, 7) is 4.51. The molecule has 0 bridgehead atoms. The molecule has 4 rings (SSSR count). The van der Waals surface area contributed by atoms with Gasteiger partial charge in [-0.2, -0.15) is 5.26 Å². The van der Waals surface area contributed by atoms with E-state index in [0.29, 0.717) is 36.7 Å². The van der Waals surface area contributed by atoms with E-state index in [4.69, 9.17) is 4.52 Å². The molecule has 0 radical (unpaired) electrons. The number of carbonyl (C=O) groups is 1. The van der Waals surface area contributed by atoms with E-state index in [1.807, 2.05) is 31.2 Å². The molecule has 0 spiro atoms. The van der Waals surface area contributed by atoms with Crippen molar-refractivity contribution in [2.24, 2.45) is 0 Å². The number of benzene rings is 1. The van der Waals surface area contributed by atoms with E-state index < -0.39 is 0 Å². The predicted octanol–water partition coefficient (Wildman–Crippen LogP) is 3.27. The van der Waals surface area contributed by atoms with Crippen molar-refractivity contribution in [2.75, 3.05) is 31.1 Å². The van der Waals surface area contributed by atoms with Crippen LogP contribution in [0.25, 0.3) is 11.3 Å². The largest absolute Gasteiger partial charge is 0.354 e. The van der Waals surface area contributed by atoms with Gasteiger partial charge in [0.1, 0.15) is 17.6 Å². The molecule has 0 unspecified atom stereocenters. The van der Waals surface area contributed by atoms with Gasteiger partial charge in [-0.1, -0.05) is 35.0 Å². The van der Waals surface area contributed by atoms with Gasteiger partial charge in [0, 0.05) is 44.0 Å². The molecule has 29 heavy (non-hydrogen) atoms. The Morgan fingerprint density at radius 2 is 1.97 bits per heavy atom. The zero-order valence-corrected chi connectivity index (χ0v) is 16.2. The number of pyridine rings is 1. The monoisotopic (exact) mass is 387 g/mol. The molecule has 146 valence electrons. The van der Waals surface area contributed by atoms with Gasteiger partial charge in [0.25, 0.3) is 5.91 Å². The van der Waals surface area contributed by atoms with Gasteiger partial charge >= 0.3 is 0 Å². The number of nitriles is 1. The van der Waals surface area contributed by atoms with Crippen LogP contribution in [0, 0.1) is 18.3 Å². The van der Waals surface area contributed by atoms with Gasteiger partial charge in [0.15, 0.2) is 0 Å². The summed E-state index contributed by atoms with van der Waals surface area (Å²) < 4.78 is 5.34. The lowest BCUT2D eigenvalue weighted by molar-refractivity contribution is 0.0725. The number of anilines is 1. The molecule has 0 aliphatic carbocycles. The van der Waals surface area contributed by atoms with Crippen molar-refractivity contribution in [3.8, 4) is 17.3 Å². The summed E-state index contributed by atoms with van der Waals surface area (Å²) in [6, 6.07) is 15.3. The predicted molar refractivity (Wildman–Crippen MR) is 108 cm³/mol. The first-order valence-electron chi connectivity index (χ1n) is 9.59. The van der Waals surface area contributed by atoms with Crippen LogP contribution < -0.4 is 4.90 Å². The zero-order chi connectivity index (χ0) is 20.2. The number of aryl methyl sites for hydroxylation is 1. The van der Waals surface area contributed by atoms with Crippen molar-refractivity contribution in [3.63, 3.8) is 0 Å². The fourth-order valence-electron chi connectivity index (χ4n) is 3.46. The maximum Gasteiger partial charge on any atom is 0.292 e. The maximum atomic E-state index is 12.9. The molecule has 7 heteroatoms. The molecule has 1 amide bonds. The number of rotatable bonds is 3. The highest BCUT2D eigenvalue weighted by molar-refractivity contribution is 5.92. The minimum Gasteiger partial charge on any atom is -0.354 e. The number of amides is 1. The summed E-state index contributed by atoms with van der Waals surface area (Å²) >= 11 is 0. The van der Waals surface area contributed by atoms with Crippen molar-refractivity contribution in [3.05, 3.63) is 65.5 Å². The number of hydrogen-bond donors (Lipinski definition) is 0. The summed E-state index contributed by atoms with van der Waals surface area (Å²) in [7, 11) is 0. The van der Waals surface area contributed by atoms with Crippen molar-refractivity contribution < 1.29 is 9.32 Å². The lowest BCUT2D eigenvalue weighted by Crippen LogP contribution is -2.35. The van der Waals surface area contributed by atoms with Gasteiger partial charge in [-0.05, 0) is 25.5 Å². The van der Waals surface area contributed by atoms with Crippen LogP contribution in [0.4, 0.5) is 5.82 Å². The Balaban J connectivity index is 1.46. The molecule has 1 fully saturated rings. The molecule has 3 heterocycles. The highest BCUT2D eigenvalue weighted by Gasteiger charge is 2.25. The van der Waals surface area contributed by atoms with Crippen molar-refractivity contribution in [1.82, 2.24) is 15.0 Å². The fourth-order valence-corrected chi connectivity index (χ4v) is 3.46. The Labute approximate surface area is 169 Å². The third-order valence-corrected chi connectivity index (χ3v) is 5.06. The quantitative estimate of drug-likeness (QED) is 0.686. The van der Waals surface area contributed by atoms with Crippen LogP contribution in [0.2, 0.25) is 0 Å². The molecule has 1 aliphatic rings. The average Bonchev–Trinajstić information content (AvgIpc) is 3.12. The number of nitrogens with zero attached hydrogens (tertiary/aromatic N) is 5. The molecule has 1 aliphatic heterocycles. The molecule has 1 saturated heterocycles. The molecule has 0 atom stereocenters. The van der Waals surface area contributed by atoms with E-state index in [9.17, 15) is 10.1 Å². The number of hydrogen-bond acceptors (Lipinski definition) is 6. The highest BCUT2D eigenvalue weighted by Crippen LogP contribution is 2.22. The molecular weight excluding hydrogens is 366 g/mol. The second-order valence-electron chi connectivity index (χ2n) is 7.06. The van der Waals surface area contributed by atoms with E-state index in [2.05, 4.69) is 21.1 Å². The third kappa shape index (κ3) is 3.97. The summed E-state index contributed by atoms with van der Waals surface area (Å²) in [6.07, 6.45) is 2.47. The average molecular weight is 387 g/mol. The van der Waals surface area contributed by atoms with E-state index in [-0.39, 0.29) is 11.7 Å². The van der Waals surface area contributed by atoms with Crippen LogP contribution in [0.1, 0.15) is 28.1 Å². The molecule has 3 aromatic rings. The van der Waals surface area contributed by atoms with Gasteiger partial charge in [0.2, 0.25) is 5.76 Å². The summed E-state index contributed by atoms with van der Waals surface area (Å²) in [5, 5.41) is 13.4. The van der Waals surface area contributed by atoms with Gasteiger partial charge < -0.3 is 14.3 Å². The molecule has 2 aromatic heterocycles. The summed E-state index contributed by atoms with van der Waals surface area (Å²) in [5.74, 6) is 0.745. The minimum absolute atomic E-state index is 0.167. The lowest BCUT2D eigenvalue weighted by atomic mass is 10.1. The van der Waals surface area contributed by atoms with Crippen LogP contribution in [-0.2, 0) is 0 Å². The van der Waals surface area contributed by atoms with Crippen LogP contribution in [-0.4, -0.2) is 47.1 Å². The van der Waals surface area contributed by atoms with Gasteiger partial charge in [-0.25, -0.2) is 4.98 Å². The number of aromatic nitrogens is 2. The van der Waals surface area contributed by atoms with E-state index >= 15 is 0 Å². The molecule has 0 N–H and O–H groups in total. The zero-order valence-electron chi connectivity index (χ0n) is 16.2. The van der Waals surface area contributed by atoms with Crippen LogP contribution >= 0.6 is 0 Å². The second kappa shape index (κ2) is 8.15. The highest BCUT2D eigenvalue weighted by atomic mass is 16.5. The molecule has 0 saturated carbocycles. The van der Waals surface area contributed by atoms with Crippen molar-refractivity contribution >= 4 is 11.7 Å². The first-order valence-corrected chi connectivity index (χ1v) is 9.59.